The largest absolute Gasteiger partial charge is 0.458 e. The van der Waals surface area contributed by atoms with Crippen LogP contribution in [0.3, 0.4) is 0 Å². The Labute approximate surface area is 174 Å². The van der Waals surface area contributed by atoms with Crippen molar-refractivity contribution in [2.75, 3.05) is 6.54 Å². The number of hydrogen-bond donors (Lipinski definition) is 1. The quantitative estimate of drug-likeness (QED) is 0.350. The number of unbranched alkanes of at least 4 members (excludes halogenated alkanes) is 1. The van der Waals surface area contributed by atoms with Gasteiger partial charge in [0.2, 0.25) is 0 Å². The van der Waals surface area contributed by atoms with Gasteiger partial charge in [-0.1, -0.05) is 13.3 Å². The average molecular weight is 436 g/mol. The lowest BCUT2D eigenvalue weighted by atomic mass is 9.94. The van der Waals surface area contributed by atoms with Gasteiger partial charge in [0.25, 0.3) is 0 Å². The average Bonchev–Trinajstić information content (AvgIpc) is 3.07. The maximum Gasteiger partial charge on any atom is 0.346 e. The van der Waals surface area contributed by atoms with Gasteiger partial charge in [-0.2, -0.15) is 17.6 Å². The van der Waals surface area contributed by atoms with Crippen molar-refractivity contribution in [1.82, 2.24) is 0 Å². The number of ether oxygens (including phenoxy) is 1. The second-order valence-corrected chi connectivity index (χ2v) is 7.59. The van der Waals surface area contributed by atoms with E-state index in [4.69, 9.17) is 11.3 Å². The van der Waals surface area contributed by atoms with Gasteiger partial charge in [-0.3, -0.25) is 4.99 Å². The number of aliphatic imine (C=N–C) groups is 1. The van der Waals surface area contributed by atoms with Gasteiger partial charge < -0.3 is 9.84 Å². The van der Waals surface area contributed by atoms with E-state index in [1.165, 1.54) is 6.07 Å². The Morgan fingerprint density at radius 3 is 2.61 bits per heavy atom. The lowest BCUT2D eigenvalue weighted by Crippen LogP contribution is -2.48. The molecule has 0 aliphatic heterocycles. The van der Waals surface area contributed by atoms with Gasteiger partial charge in [0.05, 0.1) is 6.57 Å². The van der Waals surface area contributed by atoms with Crippen LogP contribution in [-0.4, -0.2) is 23.3 Å². The summed E-state index contributed by atoms with van der Waals surface area (Å²) >= 11 is 0. The van der Waals surface area contributed by atoms with Gasteiger partial charge >= 0.3 is 11.8 Å². The van der Waals surface area contributed by atoms with Crippen LogP contribution in [0.25, 0.3) is 4.85 Å². The molecule has 0 bridgehead atoms. The molecule has 2 aliphatic rings. The molecule has 4 rings (SSSR count). The van der Waals surface area contributed by atoms with Crippen LogP contribution >= 0.6 is 0 Å². The van der Waals surface area contributed by atoms with Crippen LogP contribution in [0.4, 0.5) is 27.6 Å². The lowest BCUT2D eigenvalue weighted by molar-refractivity contribution is -0.282. The Hall–Kier alpha value is -2.99. The van der Waals surface area contributed by atoms with Crippen LogP contribution in [0.2, 0.25) is 0 Å². The van der Waals surface area contributed by atoms with Crippen molar-refractivity contribution in [3.05, 3.63) is 64.3 Å². The van der Waals surface area contributed by atoms with Crippen molar-refractivity contribution in [2.45, 2.75) is 43.6 Å². The summed E-state index contributed by atoms with van der Waals surface area (Å²) in [5, 5.41) is 10.7. The molecule has 4 nitrogen and oxygen atoms in total. The van der Waals surface area contributed by atoms with Crippen LogP contribution < -0.4 is 4.74 Å². The van der Waals surface area contributed by atoms with E-state index < -0.39 is 40.8 Å². The van der Waals surface area contributed by atoms with E-state index in [1.54, 1.807) is 0 Å². The molecule has 162 valence electrons. The fourth-order valence-electron chi connectivity index (χ4n) is 4.07. The molecule has 9 heteroatoms. The third kappa shape index (κ3) is 2.92. The lowest BCUT2D eigenvalue weighted by Gasteiger charge is -2.29. The molecular formula is C22H17F5N2O2. The van der Waals surface area contributed by atoms with Gasteiger partial charge in [-0.15, -0.1) is 0 Å². The van der Waals surface area contributed by atoms with Crippen LogP contribution in [0.1, 0.15) is 42.9 Å². The number of hydrogen-bond acceptors (Lipinski definition) is 3. The van der Waals surface area contributed by atoms with Crippen molar-refractivity contribution >= 4 is 11.4 Å². The van der Waals surface area contributed by atoms with Crippen molar-refractivity contribution in [1.29, 1.82) is 0 Å². The second-order valence-electron chi connectivity index (χ2n) is 7.59. The minimum atomic E-state index is -4.74. The molecule has 31 heavy (non-hydrogen) atoms. The highest BCUT2D eigenvalue weighted by Crippen LogP contribution is 2.66. The summed E-state index contributed by atoms with van der Waals surface area (Å²) in [5.74, 6) is -10.3. The zero-order chi connectivity index (χ0) is 22.6. The molecule has 0 saturated carbocycles. The fourth-order valence-corrected chi connectivity index (χ4v) is 4.07. The van der Waals surface area contributed by atoms with Crippen LogP contribution in [0, 0.1) is 12.4 Å². The topological polar surface area (TPSA) is 46.2 Å². The molecule has 2 aromatic carbocycles. The smallest absolute Gasteiger partial charge is 0.346 e. The first-order valence-electron chi connectivity index (χ1n) is 9.62. The molecule has 0 radical (unpaired) electrons. The van der Waals surface area contributed by atoms with Crippen molar-refractivity contribution in [3.63, 3.8) is 0 Å². The van der Waals surface area contributed by atoms with Crippen molar-refractivity contribution in [3.8, 4) is 11.5 Å². The normalized spacial score (nSPS) is 23.6. The summed E-state index contributed by atoms with van der Waals surface area (Å²) in [6, 6.07) is 5.05. The van der Waals surface area contributed by atoms with Gasteiger partial charge in [0.1, 0.15) is 17.3 Å². The van der Waals surface area contributed by atoms with E-state index >= 15 is 0 Å². The van der Waals surface area contributed by atoms with Crippen LogP contribution in [-0.2, 0) is 11.5 Å². The van der Waals surface area contributed by atoms with Gasteiger partial charge in [-0.05, 0) is 30.7 Å². The van der Waals surface area contributed by atoms with Crippen LogP contribution in [0.15, 0.2) is 35.3 Å². The monoisotopic (exact) mass is 436 g/mol. The number of halogens is 5. The summed E-state index contributed by atoms with van der Waals surface area (Å²) in [6.45, 7) is 9.19. The highest BCUT2D eigenvalue weighted by molar-refractivity contribution is 6.09. The molecule has 0 saturated heterocycles. The maximum atomic E-state index is 14.7. The molecule has 0 fully saturated rings. The number of benzene rings is 2. The van der Waals surface area contributed by atoms with Crippen molar-refractivity contribution < 1.29 is 31.8 Å². The first-order valence-corrected chi connectivity index (χ1v) is 9.62. The molecule has 1 N–H and O–H groups in total. The highest BCUT2D eigenvalue weighted by Gasteiger charge is 2.78. The molecule has 2 aromatic rings. The van der Waals surface area contributed by atoms with E-state index in [9.17, 15) is 27.1 Å². The Morgan fingerprint density at radius 1 is 1.19 bits per heavy atom. The summed E-state index contributed by atoms with van der Waals surface area (Å²) in [6.07, 6.45) is 0.616. The van der Waals surface area contributed by atoms with Crippen LogP contribution in [0.5, 0.6) is 11.5 Å². The molecule has 1 atom stereocenters. The van der Waals surface area contributed by atoms with E-state index in [0.29, 0.717) is 6.42 Å². The maximum absolute atomic E-state index is 14.7. The number of rotatable bonds is 5. The number of alkyl halides is 4. The SMILES string of the molecule is [C-]#[N+]c1cc(F)cc(Oc2ccc3c4c2C(=NCCCC)C[C@]4(O)C(F)(F)C3(F)F)c1. The number of aliphatic hydroxyl groups is 1. The summed E-state index contributed by atoms with van der Waals surface area (Å²) in [7, 11) is 0. The van der Waals surface area contributed by atoms with E-state index in [2.05, 4.69) is 9.84 Å². The van der Waals surface area contributed by atoms with Gasteiger partial charge in [-0.25, -0.2) is 9.24 Å². The second kappa shape index (κ2) is 7.02. The standard InChI is InChI=1S/C22H17F5N2O2/c1-3-4-7-29-16-11-20(30)19-15(21(24,25)22(20,26)27)5-6-17(18(16)19)31-14-9-12(23)8-13(10-14)28-2/h5-6,8-10,30H,3-4,7,11H2,1H3/t20-/m1/s1. The minimum absolute atomic E-state index is 0.0276. The van der Waals surface area contributed by atoms with E-state index in [1.807, 2.05) is 6.92 Å². The van der Waals surface area contributed by atoms with Gasteiger partial charge in [0, 0.05) is 41.4 Å². The van der Waals surface area contributed by atoms with E-state index in [-0.39, 0.29) is 35.0 Å². The predicted molar refractivity (Wildman–Crippen MR) is 103 cm³/mol. The third-order valence-electron chi connectivity index (χ3n) is 5.57. The number of nitrogens with zero attached hydrogens (tertiary/aromatic N) is 2. The highest BCUT2D eigenvalue weighted by atomic mass is 19.3. The zero-order valence-electron chi connectivity index (χ0n) is 16.4. The summed E-state index contributed by atoms with van der Waals surface area (Å²) in [4.78, 5) is 7.39. The Morgan fingerprint density at radius 2 is 1.94 bits per heavy atom. The molecular weight excluding hydrogens is 419 g/mol. The molecule has 0 heterocycles. The van der Waals surface area contributed by atoms with E-state index in [0.717, 1.165) is 30.7 Å². The minimum Gasteiger partial charge on any atom is -0.458 e. The zero-order valence-corrected chi connectivity index (χ0v) is 16.4. The third-order valence-corrected chi connectivity index (χ3v) is 5.57. The predicted octanol–water partition coefficient (Wildman–Crippen LogP) is 6.09. The fraction of sp³-hybridized carbons (Fsp3) is 0.364. The Bertz CT molecular complexity index is 1140. The first-order chi connectivity index (χ1) is 14.6. The Balaban J connectivity index is 1.90. The van der Waals surface area contributed by atoms with Gasteiger partial charge in [0.15, 0.2) is 11.3 Å². The molecule has 0 amide bonds. The summed E-state index contributed by atoms with van der Waals surface area (Å²) in [5.41, 5.74) is -4.89. The molecule has 2 aliphatic carbocycles. The molecule has 0 aromatic heterocycles. The molecule has 0 unspecified atom stereocenters. The Kier molecular flexibility index (Phi) is 4.81. The van der Waals surface area contributed by atoms with Crippen molar-refractivity contribution in [2.24, 2.45) is 4.99 Å². The first kappa shape index (κ1) is 21.2. The molecule has 0 spiro atoms. The summed E-state index contributed by atoms with van der Waals surface area (Å²) < 4.78 is 77.8.